The van der Waals surface area contributed by atoms with Crippen molar-refractivity contribution >= 4 is 5.91 Å². The second-order valence-corrected chi connectivity index (χ2v) is 4.87. The number of amides is 1. The van der Waals surface area contributed by atoms with Crippen LogP contribution in [0.1, 0.15) is 46.5 Å². The van der Waals surface area contributed by atoms with Crippen LogP contribution in [0.15, 0.2) is 0 Å². The summed E-state index contributed by atoms with van der Waals surface area (Å²) in [6, 6.07) is 0. The molecule has 0 aliphatic carbocycles. The predicted octanol–water partition coefficient (Wildman–Crippen LogP) is 2.68. The van der Waals surface area contributed by atoms with Crippen LogP contribution in [0.5, 0.6) is 0 Å². The number of carbonyl (C=O) groups is 1. The molecular weight excluding hydrogens is 174 g/mol. The van der Waals surface area contributed by atoms with Crippen LogP contribution in [0.25, 0.3) is 0 Å². The van der Waals surface area contributed by atoms with E-state index in [1.165, 1.54) is 6.42 Å². The molecular formula is C12H23NO. The number of hydrogen-bond acceptors (Lipinski definition) is 1. The van der Waals surface area contributed by atoms with E-state index in [9.17, 15) is 4.79 Å². The molecule has 1 fully saturated rings. The quantitative estimate of drug-likeness (QED) is 0.678. The van der Waals surface area contributed by atoms with Gasteiger partial charge in [0.2, 0.25) is 5.91 Å². The number of nitrogens with zero attached hydrogens (tertiary/aromatic N) is 1. The normalized spacial score (nSPS) is 23.3. The molecule has 1 unspecified atom stereocenters. The van der Waals surface area contributed by atoms with Gasteiger partial charge in [-0.1, -0.05) is 20.8 Å². The Morgan fingerprint density at radius 3 is 2.79 bits per heavy atom. The van der Waals surface area contributed by atoms with Crippen molar-refractivity contribution < 1.29 is 4.79 Å². The van der Waals surface area contributed by atoms with E-state index in [0.29, 0.717) is 5.91 Å². The van der Waals surface area contributed by atoms with Crippen molar-refractivity contribution in [3.63, 3.8) is 0 Å². The monoisotopic (exact) mass is 197 g/mol. The Balaban J connectivity index is 2.40. The van der Waals surface area contributed by atoms with Crippen molar-refractivity contribution in [3.05, 3.63) is 0 Å². The van der Waals surface area contributed by atoms with E-state index in [1.54, 1.807) is 0 Å². The van der Waals surface area contributed by atoms with Gasteiger partial charge in [-0.15, -0.1) is 0 Å². The van der Waals surface area contributed by atoms with Crippen LogP contribution in [0.3, 0.4) is 0 Å². The fourth-order valence-electron chi connectivity index (χ4n) is 2.34. The molecule has 1 rings (SSSR count). The Hall–Kier alpha value is -0.530. The van der Waals surface area contributed by atoms with Gasteiger partial charge in [0.05, 0.1) is 0 Å². The van der Waals surface area contributed by atoms with Crippen LogP contribution in [0, 0.1) is 11.8 Å². The van der Waals surface area contributed by atoms with E-state index < -0.39 is 0 Å². The largest absolute Gasteiger partial charge is 0.342 e. The average Bonchev–Trinajstić information content (AvgIpc) is 2.10. The molecule has 1 saturated heterocycles. The molecule has 1 amide bonds. The lowest BCUT2D eigenvalue weighted by Crippen LogP contribution is -2.40. The molecule has 82 valence electrons. The van der Waals surface area contributed by atoms with Crippen LogP contribution < -0.4 is 0 Å². The zero-order valence-electron chi connectivity index (χ0n) is 9.75. The second kappa shape index (κ2) is 5.38. The zero-order valence-corrected chi connectivity index (χ0v) is 9.75. The highest BCUT2D eigenvalue weighted by Gasteiger charge is 2.24. The summed E-state index contributed by atoms with van der Waals surface area (Å²) in [6.45, 7) is 8.62. The standard InChI is InChI=1S/C12H23NO/c1-4-7-13-9-11(8-10(2)3)5-6-12(13)14/h10-11H,4-9H2,1-3H3. The van der Waals surface area contributed by atoms with Gasteiger partial charge in [0.1, 0.15) is 0 Å². The maximum atomic E-state index is 11.5. The minimum atomic E-state index is 0.367. The van der Waals surface area contributed by atoms with Gasteiger partial charge in [0.25, 0.3) is 0 Å². The molecule has 1 atom stereocenters. The first-order valence-corrected chi connectivity index (χ1v) is 5.91. The van der Waals surface area contributed by atoms with E-state index in [2.05, 4.69) is 25.7 Å². The molecule has 0 N–H and O–H groups in total. The number of likely N-dealkylation sites (tertiary alicyclic amines) is 1. The summed E-state index contributed by atoms with van der Waals surface area (Å²) in [7, 11) is 0. The summed E-state index contributed by atoms with van der Waals surface area (Å²) >= 11 is 0. The van der Waals surface area contributed by atoms with E-state index in [0.717, 1.165) is 44.2 Å². The third-order valence-electron chi connectivity index (χ3n) is 2.90. The Kier molecular flexibility index (Phi) is 4.43. The molecule has 0 aromatic carbocycles. The molecule has 0 bridgehead atoms. The Morgan fingerprint density at radius 2 is 2.21 bits per heavy atom. The van der Waals surface area contributed by atoms with Crippen molar-refractivity contribution in [2.45, 2.75) is 46.5 Å². The van der Waals surface area contributed by atoms with Crippen molar-refractivity contribution in [1.29, 1.82) is 0 Å². The highest BCUT2D eigenvalue weighted by Crippen LogP contribution is 2.23. The summed E-state index contributed by atoms with van der Waals surface area (Å²) in [5.74, 6) is 1.88. The summed E-state index contributed by atoms with van der Waals surface area (Å²) in [6.07, 6.45) is 4.24. The predicted molar refractivity (Wildman–Crippen MR) is 59.1 cm³/mol. The van der Waals surface area contributed by atoms with E-state index in [1.807, 2.05) is 0 Å². The minimum absolute atomic E-state index is 0.367. The van der Waals surface area contributed by atoms with Crippen molar-refractivity contribution in [2.75, 3.05) is 13.1 Å². The maximum Gasteiger partial charge on any atom is 0.222 e. The van der Waals surface area contributed by atoms with Crippen molar-refractivity contribution in [2.24, 2.45) is 11.8 Å². The lowest BCUT2D eigenvalue weighted by atomic mass is 9.89. The number of rotatable bonds is 4. The van der Waals surface area contributed by atoms with Gasteiger partial charge in [0, 0.05) is 19.5 Å². The first-order chi connectivity index (χ1) is 6.63. The topological polar surface area (TPSA) is 20.3 Å². The third-order valence-corrected chi connectivity index (χ3v) is 2.90. The SMILES string of the molecule is CCCN1CC(CC(C)C)CCC1=O. The van der Waals surface area contributed by atoms with E-state index in [-0.39, 0.29) is 0 Å². The van der Waals surface area contributed by atoms with Crippen LogP contribution in [-0.2, 0) is 4.79 Å². The van der Waals surface area contributed by atoms with Gasteiger partial charge >= 0.3 is 0 Å². The number of hydrogen-bond donors (Lipinski definition) is 0. The highest BCUT2D eigenvalue weighted by atomic mass is 16.2. The molecule has 2 heteroatoms. The van der Waals surface area contributed by atoms with E-state index in [4.69, 9.17) is 0 Å². The molecule has 1 aliphatic heterocycles. The summed E-state index contributed by atoms with van der Waals surface area (Å²) in [5.41, 5.74) is 0. The van der Waals surface area contributed by atoms with Gasteiger partial charge in [-0.25, -0.2) is 0 Å². The first-order valence-electron chi connectivity index (χ1n) is 5.91. The smallest absolute Gasteiger partial charge is 0.222 e. The van der Waals surface area contributed by atoms with Gasteiger partial charge < -0.3 is 4.90 Å². The first kappa shape index (κ1) is 11.5. The summed E-state index contributed by atoms with van der Waals surface area (Å²) in [4.78, 5) is 13.6. The highest BCUT2D eigenvalue weighted by molar-refractivity contribution is 5.76. The molecule has 1 heterocycles. The van der Waals surface area contributed by atoms with Crippen LogP contribution >= 0.6 is 0 Å². The van der Waals surface area contributed by atoms with E-state index >= 15 is 0 Å². The molecule has 0 aromatic heterocycles. The Labute approximate surface area is 87.7 Å². The van der Waals surface area contributed by atoms with Crippen LogP contribution in [-0.4, -0.2) is 23.9 Å². The molecule has 1 aliphatic rings. The van der Waals surface area contributed by atoms with Crippen LogP contribution in [0.4, 0.5) is 0 Å². The molecule has 0 saturated carbocycles. The number of piperidine rings is 1. The van der Waals surface area contributed by atoms with Gasteiger partial charge in [-0.05, 0) is 31.1 Å². The Morgan fingerprint density at radius 1 is 1.50 bits per heavy atom. The molecule has 14 heavy (non-hydrogen) atoms. The minimum Gasteiger partial charge on any atom is -0.342 e. The van der Waals surface area contributed by atoms with Gasteiger partial charge in [0.15, 0.2) is 0 Å². The maximum absolute atomic E-state index is 11.5. The third kappa shape index (κ3) is 3.32. The van der Waals surface area contributed by atoms with Crippen molar-refractivity contribution in [1.82, 2.24) is 4.90 Å². The molecule has 0 radical (unpaired) electrons. The lowest BCUT2D eigenvalue weighted by Gasteiger charge is -2.33. The van der Waals surface area contributed by atoms with Gasteiger partial charge in [-0.3, -0.25) is 4.79 Å². The van der Waals surface area contributed by atoms with Crippen molar-refractivity contribution in [3.8, 4) is 0 Å². The average molecular weight is 197 g/mol. The van der Waals surface area contributed by atoms with Gasteiger partial charge in [-0.2, -0.15) is 0 Å². The fourth-order valence-corrected chi connectivity index (χ4v) is 2.34. The Bertz CT molecular complexity index is 189. The van der Waals surface area contributed by atoms with Crippen LogP contribution in [0.2, 0.25) is 0 Å². The summed E-state index contributed by atoms with van der Waals surface area (Å²) < 4.78 is 0. The molecule has 0 aromatic rings. The number of carbonyl (C=O) groups excluding carboxylic acids is 1. The lowest BCUT2D eigenvalue weighted by molar-refractivity contribution is -0.135. The molecule has 2 nitrogen and oxygen atoms in total. The zero-order chi connectivity index (χ0) is 10.6. The fraction of sp³-hybridized carbons (Fsp3) is 0.917. The second-order valence-electron chi connectivity index (χ2n) is 4.87. The summed E-state index contributed by atoms with van der Waals surface area (Å²) in [5, 5.41) is 0. The molecule has 0 spiro atoms.